The van der Waals surface area contributed by atoms with Gasteiger partial charge in [0.1, 0.15) is 0 Å². The molecule has 26 heavy (non-hydrogen) atoms. The van der Waals surface area contributed by atoms with Crippen molar-refractivity contribution in [3.8, 4) is 0 Å². The van der Waals surface area contributed by atoms with E-state index in [1.165, 1.54) is 19.3 Å². The van der Waals surface area contributed by atoms with Crippen molar-refractivity contribution in [1.29, 1.82) is 0 Å². The van der Waals surface area contributed by atoms with Crippen LogP contribution in [0, 0.1) is 11.3 Å². The van der Waals surface area contributed by atoms with Crippen LogP contribution in [0.15, 0.2) is 0 Å². The van der Waals surface area contributed by atoms with E-state index in [2.05, 4.69) is 9.80 Å². The van der Waals surface area contributed by atoms with Gasteiger partial charge in [-0.2, -0.15) is 0 Å². The molecule has 0 aromatic heterocycles. The minimum Gasteiger partial charge on any atom is -0.379 e. The molecule has 4 aliphatic rings. The van der Waals surface area contributed by atoms with Crippen LogP contribution in [0.5, 0.6) is 0 Å². The van der Waals surface area contributed by atoms with E-state index in [1.807, 2.05) is 4.90 Å². The lowest BCUT2D eigenvalue weighted by Crippen LogP contribution is -2.45. The molecule has 0 aromatic carbocycles. The zero-order valence-electron chi connectivity index (χ0n) is 16.0. The van der Waals surface area contributed by atoms with Crippen LogP contribution in [0.1, 0.15) is 44.9 Å². The van der Waals surface area contributed by atoms with Crippen molar-refractivity contribution in [2.24, 2.45) is 11.3 Å². The van der Waals surface area contributed by atoms with Crippen molar-refractivity contribution in [3.05, 3.63) is 0 Å². The molecule has 6 nitrogen and oxygen atoms in total. The van der Waals surface area contributed by atoms with Crippen molar-refractivity contribution < 1.29 is 14.3 Å². The summed E-state index contributed by atoms with van der Waals surface area (Å²) in [4.78, 5) is 31.6. The number of nitrogens with zero attached hydrogens (tertiary/aromatic N) is 3. The molecular formula is C20H33N3O3. The Morgan fingerprint density at radius 3 is 2.31 bits per heavy atom. The first-order valence-corrected chi connectivity index (χ1v) is 10.5. The Balaban J connectivity index is 1.30. The van der Waals surface area contributed by atoms with E-state index in [4.69, 9.17) is 4.74 Å². The highest BCUT2D eigenvalue weighted by Crippen LogP contribution is 2.53. The number of rotatable bonds is 5. The molecule has 6 heteroatoms. The average molecular weight is 364 g/mol. The van der Waals surface area contributed by atoms with Gasteiger partial charge in [-0.3, -0.25) is 14.5 Å². The summed E-state index contributed by atoms with van der Waals surface area (Å²) in [7, 11) is 0. The number of likely N-dealkylation sites (tertiary alicyclic amines) is 2. The van der Waals surface area contributed by atoms with Gasteiger partial charge in [0.15, 0.2) is 0 Å². The maximum absolute atomic E-state index is 12.8. The first-order chi connectivity index (χ1) is 12.7. The van der Waals surface area contributed by atoms with Crippen LogP contribution in [-0.4, -0.2) is 85.5 Å². The molecule has 0 radical (unpaired) electrons. The summed E-state index contributed by atoms with van der Waals surface area (Å²) < 4.78 is 5.38. The third-order valence-electron chi connectivity index (χ3n) is 7.14. The third kappa shape index (κ3) is 3.77. The largest absolute Gasteiger partial charge is 0.379 e. The highest BCUT2D eigenvalue weighted by atomic mass is 16.5. The fourth-order valence-electron chi connectivity index (χ4n) is 5.29. The maximum Gasteiger partial charge on any atom is 0.236 e. The van der Waals surface area contributed by atoms with E-state index in [9.17, 15) is 9.59 Å². The maximum atomic E-state index is 12.8. The molecule has 1 spiro atoms. The number of hydrogen-bond acceptors (Lipinski definition) is 4. The van der Waals surface area contributed by atoms with Crippen molar-refractivity contribution in [2.45, 2.75) is 44.9 Å². The first-order valence-electron chi connectivity index (χ1n) is 10.5. The monoisotopic (exact) mass is 363 g/mol. The van der Waals surface area contributed by atoms with E-state index < -0.39 is 0 Å². The molecular weight excluding hydrogens is 330 g/mol. The molecule has 0 N–H and O–H groups in total. The van der Waals surface area contributed by atoms with E-state index in [0.29, 0.717) is 30.2 Å². The second-order valence-corrected chi connectivity index (χ2v) is 8.70. The summed E-state index contributed by atoms with van der Waals surface area (Å²) in [5, 5.41) is 0. The van der Waals surface area contributed by atoms with Crippen LogP contribution in [0.4, 0.5) is 0 Å². The zero-order valence-corrected chi connectivity index (χ0v) is 16.0. The lowest BCUT2D eigenvalue weighted by Gasteiger charge is -2.43. The Morgan fingerprint density at radius 2 is 1.65 bits per heavy atom. The van der Waals surface area contributed by atoms with Gasteiger partial charge in [-0.25, -0.2) is 0 Å². The fourth-order valence-corrected chi connectivity index (χ4v) is 5.29. The highest BCUT2D eigenvalue weighted by Gasteiger charge is 2.51. The van der Waals surface area contributed by atoms with Gasteiger partial charge in [0.05, 0.1) is 19.8 Å². The number of carbonyl (C=O) groups excluding carboxylic acids is 2. The zero-order chi connectivity index (χ0) is 18.0. The van der Waals surface area contributed by atoms with Gasteiger partial charge in [0, 0.05) is 45.7 Å². The molecule has 0 aromatic rings. The van der Waals surface area contributed by atoms with Gasteiger partial charge in [-0.05, 0) is 43.4 Å². The molecule has 3 aliphatic heterocycles. The molecule has 1 saturated carbocycles. The van der Waals surface area contributed by atoms with Gasteiger partial charge >= 0.3 is 0 Å². The summed E-state index contributed by atoms with van der Waals surface area (Å²) in [5.41, 5.74) is 0.311. The van der Waals surface area contributed by atoms with Crippen LogP contribution in [0.3, 0.4) is 0 Å². The lowest BCUT2D eigenvalue weighted by molar-refractivity contribution is -0.133. The van der Waals surface area contributed by atoms with Gasteiger partial charge < -0.3 is 14.5 Å². The predicted octanol–water partition coefficient (Wildman–Crippen LogP) is 1.35. The van der Waals surface area contributed by atoms with Gasteiger partial charge in [-0.1, -0.05) is 6.42 Å². The lowest BCUT2D eigenvalue weighted by atomic mass is 9.62. The number of hydrogen-bond donors (Lipinski definition) is 0. The third-order valence-corrected chi connectivity index (χ3v) is 7.14. The van der Waals surface area contributed by atoms with Crippen molar-refractivity contribution >= 4 is 11.8 Å². The SMILES string of the molecule is O=C(CCC1CN(C(=O)CN2CCOCC2)CC12CCC2)N1CCCC1. The van der Waals surface area contributed by atoms with E-state index >= 15 is 0 Å². The molecule has 4 rings (SSSR count). The van der Waals surface area contributed by atoms with Crippen molar-refractivity contribution in [2.75, 3.05) is 59.0 Å². The normalized spacial score (nSPS) is 28.5. The summed E-state index contributed by atoms with van der Waals surface area (Å²) >= 11 is 0. The van der Waals surface area contributed by atoms with Crippen molar-refractivity contribution in [3.63, 3.8) is 0 Å². The summed E-state index contributed by atoms with van der Waals surface area (Å²) in [6, 6.07) is 0. The number of ether oxygens (including phenoxy) is 1. The van der Waals surface area contributed by atoms with Crippen molar-refractivity contribution in [1.82, 2.24) is 14.7 Å². The molecule has 1 aliphatic carbocycles. The molecule has 0 bridgehead atoms. The van der Waals surface area contributed by atoms with Crippen LogP contribution >= 0.6 is 0 Å². The minimum atomic E-state index is 0.270. The molecule has 2 amide bonds. The molecule has 4 fully saturated rings. The first kappa shape index (κ1) is 18.2. The highest BCUT2D eigenvalue weighted by molar-refractivity contribution is 5.79. The summed E-state index contributed by atoms with van der Waals surface area (Å²) in [6.45, 7) is 7.37. The van der Waals surface area contributed by atoms with Crippen LogP contribution in [0.2, 0.25) is 0 Å². The Labute approximate surface area is 156 Å². The van der Waals surface area contributed by atoms with Gasteiger partial charge in [-0.15, -0.1) is 0 Å². The number of amides is 2. The smallest absolute Gasteiger partial charge is 0.236 e. The topological polar surface area (TPSA) is 53.1 Å². The average Bonchev–Trinajstić information content (AvgIpc) is 3.28. The molecule has 1 unspecified atom stereocenters. The predicted molar refractivity (Wildman–Crippen MR) is 98.7 cm³/mol. The fraction of sp³-hybridized carbons (Fsp3) is 0.900. The molecule has 3 heterocycles. The Bertz CT molecular complexity index is 522. The summed E-state index contributed by atoms with van der Waals surface area (Å²) in [6.07, 6.45) is 7.68. The Kier molecular flexibility index (Phi) is 5.50. The Hall–Kier alpha value is -1.14. The van der Waals surface area contributed by atoms with E-state index in [-0.39, 0.29) is 5.91 Å². The number of carbonyl (C=O) groups is 2. The quantitative estimate of drug-likeness (QED) is 0.740. The second-order valence-electron chi connectivity index (χ2n) is 8.70. The molecule has 1 atom stereocenters. The van der Waals surface area contributed by atoms with Crippen LogP contribution in [-0.2, 0) is 14.3 Å². The Morgan fingerprint density at radius 1 is 0.923 bits per heavy atom. The standard InChI is InChI=1S/C20H33N3O3/c24-18(22-8-1-2-9-22)5-4-17-14-23(16-20(17)6-3-7-20)19(25)15-21-10-12-26-13-11-21/h17H,1-16H2. The van der Waals surface area contributed by atoms with Gasteiger partial charge in [0.25, 0.3) is 0 Å². The molecule has 3 saturated heterocycles. The van der Waals surface area contributed by atoms with Crippen LogP contribution < -0.4 is 0 Å². The molecule has 146 valence electrons. The summed E-state index contributed by atoms with van der Waals surface area (Å²) in [5.74, 6) is 1.11. The van der Waals surface area contributed by atoms with E-state index in [0.717, 1.165) is 71.7 Å². The van der Waals surface area contributed by atoms with E-state index in [1.54, 1.807) is 0 Å². The number of morpholine rings is 1. The van der Waals surface area contributed by atoms with Gasteiger partial charge in [0.2, 0.25) is 11.8 Å². The van der Waals surface area contributed by atoms with Crippen LogP contribution in [0.25, 0.3) is 0 Å². The minimum absolute atomic E-state index is 0.270. The second kappa shape index (κ2) is 7.85.